The van der Waals surface area contributed by atoms with E-state index in [4.69, 9.17) is 0 Å². The summed E-state index contributed by atoms with van der Waals surface area (Å²) < 4.78 is 0. The molecule has 0 bridgehead atoms. The molecule has 0 saturated carbocycles. The summed E-state index contributed by atoms with van der Waals surface area (Å²) in [6.45, 7) is 6.55. The van der Waals surface area contributed by atoms with Crippen LogP contribution in [0.2, 0.25) is 0 Å². The molecule has 0 aromatic heterocycles. The van der Waals surface area contributed by atoms with E-state index in [1.165, 1.54) is 17.3 Å². The standard InChI is InChI=1S/C20H21N3OS/c1-14-9-10-18(15(2)11-14)12-21-22-20-23(19(24)16(3)25-20)13-17-7-5-4-6-8-17/h4-12,16H,13H2,1-3H3/b21-12+,22-20-. The Balaban J connectivity index is 1.79. The van der Waals surface area contributed by atoms with Crippen molar-refractivity contribution in [2.24, 2.45) is 10.2 Å². The lowest BCUT2D eigenvalue weighted by Gasteiger charge is -2.15. The van der Waals surface area contributed by atoms with Crippen LogP contribution >= 0.6 is 11.8 Å². The second-order valence-electron chi connectivity index (χ2n) is 6.16. The molecule has 1 amide bonds. The van der Waals surface area contributed by atoms with Crippen LogP contribution in [0, 0.1) is 13.8 Å². The van der Waals surface area contributed by atoms with Gasteiger partial charge in [-0.3, -0.25) is 9.69 Å². The van der Waals surface area contributed by atoms with Gasteiger partial charge in [0.05, 0.1) is 18.0 Å². The van der Waals surface area contributed by atoms with Crippen LogP contribution in [-0.4, -0.2) is 27.4 Å². The van der Waals surface area contributed by atoms with Crippen LogP contribution in [0.25, 0.3) is 0 Å². The van der Waals surface area contributed by atoms with Gasteiger partial charge >= 0.3 is 0 Å². The lowest BCUT2D eigenvalue weighted by Crippen LogP contribution is -2.30. The smallest absolute Gasteiger partial charge is 0.242 e. The lowest BCUT2D eigenvalue weighted by atomic mass is 10.1. The fraction of sp³-hybridized carbons (Fsp3) is 0.250. The third-order valence-corrected chi connectivity index (χ3v) is 5.14. The summed E-state index contributed by atoms with van der Waals surface area (Å²) in [5.41, 5.74) is 4.50. The van der Waals surface area contributed by atoms with E-state index in [9.17, 15) is 4.79 Å². The Bertz CT molecular complexity index is 830. The molecule has 128 valence electrons. The van der Waals surface area contributed by atoms with Crippen LogP contribution in [0.3, 0.4) is 0 Å². The Hall–Kier alpha value is -2.40. The van der Waals surface area contributed by atoms with E-state index in [-0.39, 0.29) is 11.2 Å². The molecule has 1 aliphatic heterocycles. The number of hydrogen-bond acceptors (Lipinski definition) is 4. The molecule has 1 unspecified atom stereocenters. The first-order valence-corrected chi connectivity index (χ1v) is 9.13. The SMILES string of the molecule is Cc1ccc(/C=N/N=C2\SC(C)C(=O)N2Cc2ccccc2)c(C)c1. The van der Waals surface area contributed by atoms with Gasteiger partial charge < -0.3 is 0 Å². The number of thioether (sulfide) groups is 1. The highest BCUT2D eigenvalue weighted by Crippen LogP contribution is 2.28. The van der Waals surface area contributed by atoms with Gasteiger partial charge in [0, 0.05) is 0 Å². The Morgan fingerprint density at radius 3 is 2.64 bits per heavy atom. The second kappa shape index (κ2) is 7.66. The molecule has 1 fully saturated rings. The van der Waals surface area contributed by atoms with Crippen molar-refractivity contribution in [2.75, 3.05) is 0 Å². The summed E-state index contributed by atoms with van der Waals surface area (Å²) in [5, 5.41) is 9.07. The molecule has 0 N–H and O–H groups in total. The van der Waals surface area contributed by atoms with Crippen molar-refractivity contribution < 1.29 is 4.79 Å². The summed E-state index contributed by atoms with van der Waals surface area (Å²) >= 11 is 1.46. The number of carbonyl (C=O) groups is 1. The zero-order chi connectivity index (χ0) is 17.8. The van der Waals surface area contributed by atoms with Gasteiger partial charge in [0.1, 0.15) is 0 Å². The molecular formula is C20H21N3OS. The zero-order valence-corrected chi connectivity index (χ0v) is 15.5. The number of rotatable bonds is 4. The van der Waals surface area contributed by atoms with E-state index >= 15 is 0 Å². The van der Waals surface area contributed by atoms with Crippen molar-refractivity contribution in [3.63, 3.8) is 0 Å². The Labute approximate surface area is 152 Å². The molecule has 25 heavy (non-hydrogen) atoms. The first-order valence-electron chi connectivity index (χ1n) is 8.25. The van der Waals surface area contributed by atoms with Gasteiger partial charge in [-0.2, -0.15) is 5.10 Å². The predicted octanol–water partition coefficient (Wildman–Crippen LogP) is 4.16. The summed E-state index contributed by atoms with van der Waals surface area (Å²) in [6, 6.07) is 16.1. The maximum Gasteiger partial charge on any atom is 0.242 e. The van der Waals surface area contributed by atoms with Gasteiger partial charge in [-0.15, -0.1) is 5.10 Å². The fourth-order valence-electron chi connectivity index (χ4n) is 2.69. The third-order valence-electron chi connectivity index (χ3n) is 4.08. The second-order valence-corrected chi connectivity index (χ2v) is 7.47. The van der Waals surface area contributed by atoms with Gasteiger partial charge in [-0.05, 0) is 37.5 Å². The molecule has 0 spiro atoms. The molecule has 2 aromatic carbocycles. The minimum atomic E-state index is -0.126. The van der Waals surface area contributed by atoms with Crippen molar-refractivity contribution in [3.8, 4) is 0 Å². The van der Waals surface area contributed by atoms with E-state index in [2.05, 4.69) is 36.2 Å². The zero-order valence-electron chi connectivity index (χ0n) is 14.6. The van der Waals surface area contributed by atoms with E-state index in [0.29, 0.717) is 11.7 Å². The van der Waals surface area contributed by atoms with Gasteiger partial charge in [0.15, 0.2) is 5.17 Å². The molecule has 2 aromatic rings. The Kier molecular flexibility index (Phi) is 5.34. The van der Waals surface area contributed by atoms with Crippen LogP contribution < -0.4 is 0 Å². The van der Waals surface area contributed by atoms with Crippen molar-refractivity contribution in [2.45, 2.75) is 32.6 Å². The molecule has 5 heteroatoms. The van der Waals surface area contributed by atoms with Crippen LogP contribution in [0.15, 0.2) is 58.7 Å². The first-order chi connectivity index (χ1) is 12.0. The van der Waals surface area contributed by atoms with E-state index in [1.54, 1.807) is 11.1 Å². The number of benzene rings is 2. The molecule has 1 saturated heterocycles. The lowest BCUT2D eigenvalue weighted by molar-refractivity contribution is -0.126. The molecule has 4 nitrogen and oxygen atoms in total. The number of hydrogen-bond donors (Lipinski definition) is 0. The molecule has 3 rings (SSSR count). The summed E-state index contributed by atoms with van der Waals surface area (Å²) in [6.07, 6.45) is 1.75. The highest BCUT2D eigenvalue weighted by molar-refractivity contribution is 8.15. The van der Waals surface area contributed by atoms with Gasteiger partial charge in [-0.1, -0.05) is 65.9 Å². The molecule has 1 heterocycles. The Morgan fingerprint density at radius 2 is 1.92 bits per heavy atom. The maximum absolute atomic E-state index is 12.4. The highest BCUT2D eigenvalue weighted by Gasteiger charge is 2.35. The van der Waals surface area contributed by atoms with Crippen LogP contribution in [0.1, 0.15) is 29.2 Å². The van der Waals surface area contributed by atoms with Crippen LogP contribution in [-0.2, 0) is 11.3 Å². The quantitative estimate of drug-likeness (QED) is 0.613. The minimum Gasteiger partial charge on any atom is -0.284 e. The molecule has 1 aliphatic rings. The Morgan fingerprint density at radius 1 is 1.16 bits per heavy atom. The number of amides is 1. The average Bonchev–Trinajstić information content (AvgIpc) is 2.86. The van der Waals surface area contributed by atoms with E-state index in [0.717, 1.165) is 16.7 Å². The largest absolute Gasteiger partial charge is 0.284 e. The predicted molar refractivity (Wildman–Crippen MR) is 105 cm³/mol. The van der Waals surface area contributed by atoms with Crippen molar-refractivity contribution in [3.05, 3.63) is 70.8 Å². The van der Waals surface area contributed by atoms with E-state index in [1.807, 2.05) is 43.3 Å². The van der Waals surface area contributed by atoms with Crippen LogP contribution in [0.5, 0.6) is 0 Å². The number of nitrogens with zero attached hydrogens (tertiary/aromatic N) is 3. The normalized spacial score (nSPS) is 19.3. The number of carbonyl (C=O) groups excluding carboxylic acids is 1. The number of amidine groups is 1. The topological polar surface area (TPSA) is 45.0 Å². The summed E-state index contributed by atoms with van der Waals surface area (Å²) in [7, 11) is 0. The molecule has 0 aliphatic carbocycles. The third kappa shape index (κ3) is 4.17. The fourth-order valence-corrected chi connectivity index (χ4v) is 3.61. The maximum atomic E-state index is 12.4. The van der Waals surface area contributed by atoms with E-state index < -0.39 is 0 Å². The molecular weight excluding hydrogens is 330 g/mol. The van der Waals surface area contributed by atoms with Gasteiger partial charge in [0.2, 0.25) is 5.91 Å². The average molecular weight is 351 g/mol. The highest BCUT2D eigenvalue weighted by atomic mass is 32.2. The summed E-state index contributed by atoms with van der Waals surface area (Å²) in [5.74, 6) is 0.0781. The summed E-state index contributed by atoms with van der Waals surface area (Å²) in [4.78, 5) is 14.1. The van der Waals surface area contributed by atoms with Crippen LogP contribution in [0.4, 0.5) is 0 Å². The number of aryl methyl sites for hydroxylation is 2. The first kappa shape index (κ1) is 17.4. The van der Waals surface area contributed by atoms with Gasteiger partial charge in [0.25, 0.3) is 0 Å². The monoisotopic (exact) mass is 351 g/mol. The minimum absolute atomic E-state index is 0.0781. The van der Waals surface area contributed by atoms with Gasteiger partial charge in [-0.25, -0.2) is 0 Å². The molecule has 1 atom stereocenters. The van der Waals surface area contributed by atoms with Crippen molar-refractivity contribution in [1.29, 1.82) is 0 Å². The van der Waals surface area contributed by atoms with Crippen molar-refractivity contribution in [1.82, 2.24) is 4.90 Å². The molecule has 0 radical (unpaired) electrons. The van der Waals surface area contributed by atoms with Crippen molar-refractivity contribution >= 4 is 29.1 Å².